The highest BCUT2D eigenvalue weighted by molar-refractivity contribution is 6.30. The maximum Gasteiger partial charge on any atom is 0.264 e. The number of fused-ring (bicyclic) bond motifs is 1. The predicted molar refractivity (Wildman–Crippen MR) is 94.8 cm³/mol. The van der Waals surface area contributed by atoms with Crippen LogP contribution in [0.3, 0.4) is 0 Å². The molecular formula is C19H19ClN2O2. The molecule has 5 heteroatoms. The van der Waals surface area contributed by atoms with Crippen molar-refractivity contribution in [3.63, 3.8) is 0 Å². The van der Waals surface area contributed by atoms with Crippen molar-refractivity contribution in [2.45, 2.75) is 12.5 Å². The van der Waals surface area contributed by atoms with Crippen LogP contribution in [0.25, 0.3) is 0 Å². The molecule has 1 fully saturated rings. The van der Waals surface area contributed by atoms with E-state index in [1.165, 1.54) is 5.69 Å². The summed E-state index contributed by atoms with van der Waals surface area (Å²) in [6.07, 6.45) is 0.190. The Morgan fingerprint density at radius 3 is 2.54 bits per heavy atom. The lowest BCUT2D eigenvalue weighted by atomic mass is 10.1. The zero-order valence-electron chi connectivity index (χ0n) is 13.3. The summed E-state index contributed by atoms with van der Waals surface area (Å²) in [5, 5.41) is 0.682. The normalized spacial score (nSPS) is 19.8. The summed E-state index contributed by atoms with van der Waals surface area (Å²) in [5.74, 6) is 0.857. The molecule has 1 amide bonds. The van der Waals surface area contributed by atoms with Gasteiger partial charge in [0.2, 0.25) is 0 Å². The van der Waals surface area contributed by atoms with E-state index in [0.717, 1.165) is 37.5 Å². The molecule has 2 heterocycles. The standard InChI is InChI=1S/C19H19ClN2O2/c20-15-6-7-17-14(12-15)13-18(24-17)19(23)22-10-8-21(9-11-22)16-4-2-1-3-5-16/h1-7,12,18H,8-11,13H2/t18-/m0/s1. The first-order valence-corrected chi connectivity index (χ1v) is 8.62. The van der Waals surface area contributed by atoms with Crippen LogP contribution in [0.1, 0.15) is 5.56 Å². The number of rotatable bonds is 2. The summed E-state index contributed by atoms with van der Waals surface area (Å²) in [6.45, 7) is 3.15. The topological polar surface area (TPSA) is 32.8 Å². The molecule has 0 spiro atoms. The van der Waals surface area contributed by atoms with Crippen LogP contribution >= 0.6 is 11.6 Å². The van der Waals surface area contributed by atoms with Crippen LogP contribution in [0.5, 0.6) is 5.75 Å². The maximum absolute atomic E-state index is 12.7. The van der Waals surface area contributed by atoms with E-state index in [4.69, 9.17) is 16.3 Å². The van der Waals surface area contributed by atoms with Gasteiger partial charge in [-0.3, -0.25) is 4.79 Å². The van der Waals surface area contributed by atoms with Crippen LogP contribution in [0.15, 0.2) is 48.5 Å². The molecule has 0 aliphatic carbocycles. The van der Waals surface area contributed by atoms with Gasteiger partial charge in [-0.15, -0.1) is 0 Å². The van der Waals surface area contributed by atoms with E-state index < -0.39 is 6.10 Å². The highest BCUT2D eigenvalue weighted by Crippen LogP contribution is 2.32. The number of para-hydroxylation sites is 1. The Morgan fingerprint density at radius 2 is 1.79 bits per heavy atom. The van der Waals surface area contributed by atoms with Gasteiger partial charge >= 0.3 is 0 Å². The Morgan fingerprint density at radius 1 is 1.04 bits per heavy atom. The molecule has 0 radical (unpaired) electrons. The number of ether oxygens (including phenoxy) is 1. The van der Waals surface area contributed by atoms with Crippen molar-refractivity contribution in [3.8, 4) is 5.75 Å². The minimum atomic E-state index is -0.415. The molecule has 4 nitrogen and oxygen atoms in total. The molecule has 0 aromatic heterocycles. The SMILES string of the molecule is O=C([C@@H]1Cc2cc(Cl)ccc2O1)N1CCN(c2ccccc2)CC1. The van der Waals surface area contributed by atoms with Crippen LogP contribution in [0.4, 0.5) is 5.69 Å². The van der Waals surface area contributed by atoms with Gasteiger partial charge in [-0.25, -0.2) is 0 Å². The molecule has 24 heavy (non-hydrogen) atoms. The molecule has 2 aliphatic heterocycles. The molecule has 1 atom stereocenters. The fourth-order valence-electron chi connectivity index (χ4n) is 3.38. The molecule has 2 aromatic carbocycles. The fourth-order valence-corrected chi connectivity index (χ4v) is 3.58. The molecule has 0 bridgehead atoms. The Bertz CT molecular complexity index is 742. The first-order chi connectivity index (χ1) is 11.7. The third kappa shape index (κ3) is 2.94. The maximum atomic E-state index is 12.7. The number of carbonyl (C=O) groups is 1. The third-order valence-corrected chi connectivity index (χ3v) is 4.92. The number of halogens is 1. The largest absolute Gasteiger partial charge is 0.480 e. The fraction of sp³-hybridized carbons (Fsp3) is 0.316. The summed E-state index contributed by atoms with van der Waals surface area (Å²) >= 11 is 6.02. The average Bonchev–Trinajstić information content (AvgIpc) is 3.05. The van der Waals surface area contributed by atoms with E-state index in [1.54, 1.807) is 6.07 Å². The average molecular weight is 343 g/mol. The van der Waals surface area contributed by atoms with Gasteiger partial charge in [-0.05, 0) is 35.9 Å². The summed E-state index contributed by atoms with van der Waals surface area (Å²) in [7, 11) is 0. The highest BCUT2D eigenvalue weighted by Gasteiger charge is 2.33. The first kappa shape index (κ1) is 15.3. The second-order valence-electron chi connectivity index (χ2n) is 6.21. The van der Waals surface area contributed by atoms with Crippen LogP contribution in [0, 0.1) is 0 Å². The molecule has 4 rings (SSSR count). The van der Waals surface area contributed by atoms with Crippen LogP contribution in [-0.2, 0) is 11.2 Å². The lowest BCUT2D eigenvalue weighted by molar-refractivity contribution is -0.138. The van der Waals surface area contributed by atoms with E-state index in [9.17, 15) is 4.79 Å². The Balaban J connectivity index is 1.37. The summed E-state index contributed by atoms with van der Waals surface area (Å²) < 4.78 is 5.82. The van der Waals surface area contributed by atoms with Crippen LogP contribution in [0.2, 0.25) is 5.02 Å². The number of piperazine rings is 1. The van der Waals surface area contributed by atoms with E-state index in [0.29, 0.717) is 11.4 Å². The Labute approximate surface area is 146 Å². The number of hydrogen-bond acceptors (Lipinski definition) is 3. The number of nitrogens with zero attached hydrogens (tertiary/aromatic N) is 2. The van der Waals surface area contributed by atoms with Gasteiger partial charge in [0.1, 0.15) is 5.75 Å². The smallest absolute Gasteiger partial charge is 0.264 e. The van der Waals surface area contributed by atoms with Crippen molar-refractivity contribution >= 4 is 23.2 Å². The van der Waals surface area contributed by atoms with Gasteiger partial charge < -0.3 is 14.5 Å². The molecule has 1 saturated heterocycles. The van der Waals surface area contributed by atoms with Crippen molar-refractivity contribution in [1.82, 2.24) is 4.90 Å². The molecule has 124 valence electrons. The van der Waals surface area contributed by atoms with Crippen molar-refractivity contribution in [3.05, 3.63) is 59.1 Å². The molecule has 2 aliphatic rings. The van der Waals surface area contributed by atoms with Crippen molar-refractivity contribution in [1.29, 1.82) is 0 Å². The quantitative estimate of drug-likeness (QED) is 0.841. The van der Waals surface area contributed by atoms with Crippen molar-refractivity contribution < 1.29 is 9.53 Å². The van der Waals surface area contributed by atoms with Gasteiger partial charge in [0.05, 0.1) is 0 Å². The van der Waals surface area contributed by atoms with Crippen LogP contribution < -0.4 is 9.64 Å². The summed E-state index contributed by atoms with van der Waals surface area (Å²) in [6, 6.07) is 15.9. The molecular weight excluding hydrogens is 324 g/mol. The third-order valence-electron chi connectivity index (χ3n) is 4.69. The second-order valence-corrected chi connectivity index (χ2v) is 6.65. The molecule has 2 aromatic rings. The highest BCUT2D eigenvalue weighted by atomic mass is 35.5. The number of hydrogen-bond donors (Lipinski definition) is 0. The second kappa shape index (κ2) is 6.36. The van der Waals surface area contributed by atoms with Crippen molar-refractivity contribution in [2.24, 2.45) is 0 Å². The van der Waals surface area contributed by atoms with Gasteiger partial charge in [0, 0.05) is 43.3 Å². The van der Waals surface area contributed by atoms with Gasteiger partial charge in [0.15, 0.2) is 6.10 Å². The van der Waals surface area contributed by atoms with E-state index in [1.807, 2.05) is 35.2 Å². The minimum absolute atomic E-state index is 0.0787. The number of anilines is 1. The summed E-state index contributed by atoms with van der Waals surface area (Å²) in [5.41, 5.74) is 2.23. The number of amides is 1. The number of benzene rings is 2. The number of carbonyl (C=O) groups excluding carboxylic acids is 1. The van der Waals surface area contributed by atoms with Gasteiger partial charge in [0.25, 0.3) is 5.91 Å². The van der Waals surface area contributed by atoms with Crippen molar-refractivity contribution in [2.75, 3.05) is 31.1 Å². The lowest BCUT2D eigenvalue weighted by Crippen LogP contribution is -2.52. The Kier molecular flexibility index (Phi) is 4.07. The van der Waals surface area contributed by atoms with E-state index >= 15 is 0 Å². The predicted octanol–water partition coefficient (Wildman–Crippen LogP) is 2.99. The first-order valence-electron chi connectivity index (χ1n) is 8.24. The molecule has 0 saturated carbocycles. The minimum Gasteiger partial charge on any atom is -0.480 e. The van der Waals surface area contributed by atoms with Gasteiger partial charge in [-0.1, -0.05) is 29.8 Å². The Hall–Kier alpha value is -2.20. The van der Waals surface area contributed by atoms with Gasteiger partial charge in [-0.2, -0.15) is 0 Å². The van der Waals surface area contributed by atoms with E-state index in [-0.39, 0.29) is 5.91 Å². The monoisotopic (exact) mass is 342 g/mol. The summed E-state index contributed by atoms with van der Waals surface area (Å²) in [4.78, 5) is 17.0. The zero-order chi connectivity index (χ0) is 16.5. The van der Waals surface area contributed by atoms with E-state index in [2.05, 4.69) is 17.0 Å². The van der Waals surface area contributed by atoms with Crippen LogP contribution in [-0.4, -0.2) is 43.1 Å². The lowest BCUT2D eigenvalue weighted by Gasteiger charge is -2.36. The zero-order valence-corrected chi connectivity index (χ0v) is 14.1. The molecule has 0 N–H and O–H groups in total. The molecule has 0 unspecified atom stereocenters.